The van der Waals surface area contributed by atoms with Gasteiger partial charge in [0.25, 0.3) is 0 Å². The third-order valence-electron chi connectivity index (χ3n) is 2.61. The summed E-state index contributed by atoms with van der Waals surface area (Å²) in [5.74, 6) is -0.984. The van der Waals surface area contributed by atoms with E-state index in [1.54, 1.807) is 0 Å². The summed E-state index contributed by atoms with van der Waals surface area (Å²) in [6.07, 6.45) is 4.04. The minimum atomic E-state index is -0.865. The van der Waals surface area contributed by atoms with Crippen LogP contribution in [-0.4, -0.2) is 9.97 Å². The van der Waals surface area contributed by atoms with Gasteiger partial charge >= 0.3 is 0 Å². The Morgan fingerprint density at radius 1 is 1.25 bits per heavy atom. The van der Waals surface area contributed by atoms with Gasteiger partial charge < -0.3 is 4.98 Å². The summed E-state index contributed by atoms with van der Waals surface area (Å²) in [7, 11) is 0. The van der Waals surface area contributed by atoms with Gasteiger partial charge in [-0.1, -0.05) is 19.8 Å². The van der Waals surface area contributed by atoms with Crippen molar-refractivity contribution in [2.24, 2.45) is 0 Å². The first-order chi connectivity index (χ1) is 7.72. The minimum Gasteiger partial charge on any atom is -0.342 e. The Bertz CT molecular complexity index is 491. The predicted octanol–water partition coefficient (Wildman–Crippen LogP) is 3.57. The van der Waals surface area contributed by atoms with Crippen LogP contribution >= 0.6 is 0 Å². The number of benzene rings is 1. The molecule has 4 heteroatoms. The van der Waals surface area contributed by atoms with Crippen molar-refractivity contribution in [3.05, 3.63) is 29.6 Å². The first-order valence-corrected chi connectivity index (χ1v) is 5.55. The molecular formula is C12H14F2N2. The number of H-pyrrole nitrogens is 1. The number of hydrogen-bond donors (Lipinski definition) is 1. The zero-order chi connectivity index (χ0) is 11.5. The molecule has 0 fully saturated rings. The molecule has 0 saturated carbocycles. The zero-order valence-corrected chi connectivity index (χ0v) is 9.19. The lowest BCUT2D eigenvalue weighted by atomic mass is 10.2. The number of aromatic nitrogens is 2. The fourth-order valence-corrected chi connectivity index (χ4v) is 1.73. The molecule has 1 N–H and O–H groups in total. The van der Waals surface area contributed by atoms with Gasteiger partial charge in [-0.2, -0.15) is 0 Å². The molecule has 2 nitrogen and oxygen atoms in total. The normalized spacial score (nSPS) is 11.2. The van der Waals surface area contributed by atoms with Crippen molar-refractivity contribution in [1.82, 2.24) is 9.97 Å². The third kappa shape index (κ3) is 2.05. The van der Waals surface area contributed by atoms with E-state index < -0.39 is 11.6 Å². The summed E-state index contributed by atoms with van der Waals surface area (Å²) in [6.45, 7) is 2.12. The second-order valence-corrected chi connectivity index (χ2v) is 3.90. The van der Waals surface area contributed by atoms with Gasteiger partial charge in [0, 0.05) is 6.42 Å². The highest BCUT2D eigenvalue weighted by molar-refractivity contribution is 5.75. The molecule has 0 aliphatic carbocycles. The maximum absolute atomic E-state index is 13.3. The fourth-order valence-electron chi connectivity index (χ4n) is 1.73. The topological polar surface area (TPSA) is 28.7 Å². The monoisotopic (exact) mass is 224 g/mol. The van der Waals surface area contributed by atoms with E-state index in [2.05, 4.69) is 16.9 Å². The molecule has 0 unspecified atom stereocenters. The summed E-state index contributed by atoms with van der Waals surface area (Å²) < 4.78 is 26.3. The van der Waals surface area contributed by atoms with Crippen molar-refractivity contribution >= 4 is 11.0 Å². The Hall–Kier alpha value is -1.45. The van der Waals surface area contributed by atoms with Crippen LogP contribution in [0.25, 0.3) is 11.0 Å². The van der Waals surface area contributed by atoms with Gasteiger partial charge in [-0.15, -0.1) is 0 Å². The SMILES string of the molecule is CCCCCc1nc2c(F)c(F)ccc2[nH]1. The number of fused-ring (bicyclic) bond motifs is 1. The van der Waals surface area contributed by atoms with Crippen LogP contribution < -0.4 is 0 Å². The Morgan fingerprint density at radius 2 is 2.06 bits per heavy atom. The number of imidazole rings is 1. The number of rotatable bonds is 4. The van der Waals surface area contributed by atoms with Crippen molar-refractivity contribution in [3.63, 3.8) is 0 Å². The second-order valence-electron chi connectivity index (χ2n) is 3.90. The highest BCUT2D eigenvalue weighted by Gasteiger charge is 2.11. The van der Waals surface area contributed by atoms with Crippen molar-refractivity contribution in [3.8, 4) is 0 Å². The van der Waals surface area contributed by atoms with Crippen molar-refractivity contribution in [1.29, 1.82) is 0 Å². The van der Waals surface area contributed by atoms with E-state index in [-0.39, 0.29) is 5.52 Å². The molecule has 86 valence electrons. The van der Waals surface area contributed by atoms with Gasteiger partial charge in [0.1, 0.15) is 11.3 Å². The highest BCUT2D eigenvalue weighted by Crippen LogP contribution is 2.18. The molecule has 0 spiro atoms. The van der Waals surface area contributed by atoms with E-state index in [0.717, 1.165) is 37.6 Å². The molecule has 0 atom stereocenters. The van der Waals surface area contributed by atoms with Crippen molar-refractivity contribution in [2.75, 3.05) is 0 Å². The largest absolute Gasteiger partial charge is 0.342 e. The molecule has 2 rings (SSSR count). The summed E-state index contributed by atoms with van der Waals surface area (Å²) in [5, 5.41) is 0. The Balaban J connectivity index is 2.26. The maximum Gasteiger partial charge on any atom is 0.186 e. The van der Waals surface area contributed by atoms with E-state index in [1.165, 1.54) is 6.07 Å². The molecule has 0 radical (unpaired) electrons. The number of unbranched alkanes of at least 4 members (excludes halogenated alkanes) is 2. The molecule has 1 aromatic carbocycles. The number of nitrogens with zero attached hydrogens (tertiary/aromatic N) is 1. The standard InChI is InChI=1S/C12H14F2N2/c1-2-3-4-5-10-15-9-7-6-8(13)11(14)12(9)16-10/h6-7H,2-5H2,1H3,(H,15,16). The smallest absolute Gasteiger partial charge is 0.186 e. The number of halogens is 2. The summed E-state index contributed by atoms with van der Waals surface area (Å²) in [5.41, 5.74) is 0.664. The van der Waals surface area contributed by atoms with E-state index in [1.807, 2.05) is 0 Å². The van der Waals surface area contributed by atoms with Crippen molar-refractivity contribution < 1.29 is 8.78 Å². The molecule has 1 aromatic heterocycles. The summed E-state index contributed by atoms with van der Waals surface area (Å²) in [4.78, 5) is 7.08. The molecule has 2 aromatic rings. The van der Waals surface area contributed by atoms with E-state index in [9.17, 15) is 8.78 Å². The first kappa shape index (κ1) is 11.0. The lowest BCUT2D eigenvalue weighted by molar-refractivity contribution is 0.515. The average Bonchev–Trinajstić information content (AvgIpc) is 2.68. The van der Waals surface area contributed by atoms with Gasteiger partial charge in [0.05, 0.1) is 5.52 Å². The summed E-state index contributed by atoms with van der Waals surface area (Å²) in [6, 6.07) is 2.63. The van der Waals surface area contributed by atoms with Crippen LogP contribution in [0.4, 0.5) is 8.78 Å². The van der Waals surface area contributed by atoms with Gasteiger partial charge in [-0.3, -0.25) is 0 Å². The van der Waals surface area contributed by atoms with Crippen molar-refractivity contribution in [2.45, 2.75) is 32.6 Å². The second kappa shape index (κ2) is 4.60. The minimum absolute atomic E-state index is 0.103. The Morgan fingerprint density at radius 3 is 2.81 bits per heavy atom. The van der Waals surface area contributed by atoms with E-state index in [4.69, 9.17) is 0 Å². The molecule has 0 aliphatic rings. The van der Waals surface area contributed by atoms with Crippen LogP contribution in [0.1, 0.15) is 32.0 Å². The van der Waals surface area contributed by atoms with Crippen LogP contribution in [0, 0.1) is 11.6 Å². The number of aryl methyl sites for hydroxylation is 1. The first-order valence-electron chi connectivity index (χ1n) is 5.55. The van der Waals surface area contributed by atoms with Crippen LogP contribution in [0.2, 0.25) is 0 Å². The number of nitrogens with one attached hydrogen (secondary N) is 1. The quantitative estimate of drug-likeness (QED) is 0.790. The molecule has 0 aliphatic heterocycles. The molecule has 16 heavy (non-hydrogen) atoms. The third-order valence-corrected chi connectivity index (χ3v) is 2.61. The van der Waals surface area contributed by atoms with Crippen LogP contribution in [0.15, 0.2) is 12.1 Å². The lowest BCUT2D eigenvalue weighted by Gasteiger charge is -1.93. The molecule has 1 heterocycles. The molecule has 0 saturated heterocycles. The van der Waals surface area contributed by atoms with Gasteiger partial charge in [0.2, 0.25) is 0 Å². The van der Waals surface area contributed by atoms with E-state index >= 15 is 0 Å². The molecule has 0 bridgehead atoms. The number of aromatic amines is 1. The van der Waals surface area contributed by atoms with Crippen LogP contribution in [-0.2, 0) is 6.42 Å². The van der Waals surface area contributed by atoms with Gasteiger partial charge in [-0.05, 0) is 18.6 Å². The maximum atomic E-state index is 13.3. The van der Waals surface area contributed by atoms with Gasteiger partial charge in [0.15, 0.2) is 11.6 Å². The Kier molecular flexibility index (Phi) is 3.17. The molecule has 0 amide bonds. The van der Waals surface area contributed by atoms with Gasteiger partial charge in [-0.25, -0.2) is 13.8 Å². The highest BCUT2D eigenvalue weighted by atomic mass is 19.2. The Labute approximate surface area is 92.7 Å². The van der Waals surface area contributed by atoms with Crippen LogP contribution in [0.5, 0.6) is 0 Å². The molecular weight excluding hydrogens is 210 g/mol. The predicted molar refractivity (Wildman–Crippen MR) is 59.2 cm³/mol. The zero-order valence-electron chi connectivity index (χ0n) is 9.19. The van der Waals surface area contributed by atoms with Crippen LogP contribution in [0.3, 0.4) is 0 Å². The summed E-state index contributed by atoms with van der Waals surface area (Å²) >= 11 is 0. The lowest BCUT2D eigenvalue weighted by Crippen LogP contribution is -1.88. The average molecular weight is 224 g/mol. The number of hydrogen-bond acceptors (Lipinski definition) is 1. The van der Waals surface area contributed by atoms with E-state index in [0.29, 0.717) is 5.52 Å². The fraction of sp³-hybridized carbons (Fsp3) is 0.417.